The minimum atomic E-state index is 0.542. The van der Waals surface area contributed by atoms with Gasteiger partial charge in [-0.3, -0.25) is 4.68 Å². The molecule has 2 rings (SSSR count). The average Bonchev–Trinajstić information content (AvgIpc) is 2.71. The predicted molar refractivity (Wildman–Crippen MR) is 80.2 cm³/mol. The van der Waals surface area contributed by atoms with Gasteiger partial charge < -0.3 is 5.32 Å². The second kappa shape index (κ2) is 5.57. The van der Waals surface area contributed by atoms with Crippen molar-refractivity contribution in [1.29, 1.82) is 0 Å². The summed E-state index contributed by atoms with van der Waals surface area (Å²) >= 11 is 0. The van der Waals surface area contributed by atoms with Gasteiger partial charge in [0.1, 0.15) is 0 Å². The van der Waals surface area contributed by atoms with Gasteiger partial charge in [-0.25, -0.2) is 0 Å². The molecule has 3 nitrogen and oxygen atoms in total. The molecule has 0 saturated heterocycles. The highest BCUT2D eigenvalue weighted by molar-refractivity contribution is 5.65. The Hall–Kier alpha value is -1.61. The third-order valence-corrected chi connectivity index (χ3v) is 3.54. The van der Waals surface area contributed by atoms with E-state index in [1.807, 2.05) is 18.8 Å². The van der Waals surface area contributed by atoms with E-state index in [2.05, 4.69) is 55.5 Å². The van der Waals surface area contributed by atoms with Crippen LogP contribution in [0.5, 0.6) is 0 Å². The summed E-state index contributed by atoms with van der Waals surface area (Å²) in [6.07, 6.45) is 0. The first-order valence-corrected chi connectivity index (χ1v) is 6.81. The zero-order chi connectivity index (χ0) is 14.0. The van der Waals surface area contributed by atoms with Crippen LogP contribution in [0.1, 0.15) is 36.6 Å². The lowest BCUT2D eigenvalue weighted by atomic mass is 9.96. The number of aromatic nitrogens is 2. The Balaban J connectivity index is 2.45. The molecule has 102 valence electrons. The van der Waals surface area contributed by atoms with Crippen LogP contribution in [-0.4, -0.2) is 16.8 Å². The van der Waals surface area contributed by atoms with Crippen molar-refractivity contribution in [1.82, 2.24) is 15.1 Å². The van der Waals surface area contributed by atoms with Crippen LogP contribution in [0, 0.1) is 6.92 Å². The lowest BCUT2D eigenvalue weighted by Crippen LogP contribution is -2.09. The predicted octanol–water partition coefficient (Wildman–Crippen LogP) is 3.24. The molecule has 0 aliphatic rings. The van der Waals surface area contributed by atoms with Gasteiger partial charge in [0.15, 0.2) is 0 Å². The molecule has 3 heteroatoms. The summed E-state index contributed by atoms with van der Waals surface area (Å²) in [7, 11) is 3.95. The number of hydrogen-bond acceptors (Lipinski definition) is 2. The fourth-order valence-corrected chi connectivity index (χ4v) is 2.26. The van der Waals surface area contributed by atoms with Crippen molar-refractivity contribution in [2.75, 3.05) is 7.05 Å². The van der Waals surface area contributed by atoms with Gasteiger partial charge in [-0.05, 0) is 43.1 Å². The molecule has 0 bridgehead atoms. The van der Waals surface area contributed by atoms with Gasteiger partial charge in [-0.15, -0.1) is 0 Å². The van der Waals surface area contributed by atoms with Crippen molar-refractivity contribution in [3.63, 3.8) is 0 Å². The van der Waals surface area contributed by atoms with Crippen molar-refractivity contribution >= 4 is 0 Å². The summed E-state index contributed by atoms with van der Waals surface area (Å²) in [5.74, 6) is 0.542. The fourth-order valence-electron chi connectivity index (χ4n) is 2.26. The summed E-state index contributed by atoms with van der Waals surface area (Å²) < 4.78 is 1.95. The molecule has 1 heterocycles. The van der Waals surface area contributed by atoms with Crippen LogP contribution in [0.4, 0.5) is 0 Å². The van der Waals surface area contributed by atoms with Gasteiger partial charge in [0.05, 0.1) is 11.4 Å². The van der Waals surface area contributed by atoms with Crippen molar-refractivity contribution in [3.05, 3.63) is 41.1 Å². The van der Waals surface area contributed by atoms with E-state index in [9.17, 15) is 0 Å². The quantitative estimate of drug-likeness (QED) is 0.911. The van der Waals surface area contributed by atoms with E-state index in [-0.39, 0.29) is 0 Å². The summed E-state index contributed by atoms with van der Waals surface area (Å²) in [5, 5.41) is 7.81. The number of rotatable bonds is 4. The van der Waals surface area contributed by atoms with Crippen LogP contribution >= 0.6 is 0 Å². The minimum absolute atomic E-state index is 0.542. The molecule has 0 aliphatic heterocycles. The van der Waals surface area contributed by atoms with Gasteiger partial charge >= 0.3 is 0 Å². The molecule has 2 aromatic rings. The number of nitrogens with one attached hydrogen (secondary N) is 1. The normalized spacial score (nSPS) is 11.3. The average molecular weight is 257 g/mol. The first-order valence-electron chi connectivity index (χ1n) is 6.81. The molecular weight excluding hydrogens is 234 g/mol. The van der Waals surface area contributed by atoms with Crippen LogP contribution in [0.25, 0.3) is 11.3 Å². The standard InChI is InChI=1S/C16H23N3/c1-11(2)13-7-6-12(3)15(8-13)16-9-14(10-17-4)19(5)18-16/h6-9,11,17H,10H2,1-5H3. The van der Waals surface area contributed by atoms with Crippen molar-refractivity contribution in [2.45, 2.75) is 33.2 Å². The highest BCUT2D eigenvalue weighted by Gasteiger charge is 2.10. The monoisotopic (exact) mass is 257 g/mol. The number of hydrogen-bond donors (Lipinski definition) is 1. The van der Waals surface area contributed by atoms with Crippen molar-refractivity contribution in [2.24, 2.45) is 7.05 Å². The molecule has 0 unspecified atom stereocenters. The zero-order valence-corrected chi connectivity index (χ0v) is 12.5. The van der Waals surface area contributed by atoms with Gasteiger partial charge in [-0.2, -0.15) is 5.10 Å². The molecule has 0 amide bonds. The van der Waals surface area contributed by atoms with Gasteiger partial charge in [0, 0.05) is 19.2 Å². The molecule has 1 N–H and O–H groups in total. The second-order valence-corrected chi connectivity index (χ2v) is 5.40. The zero-order valence-electron chi connectivity index (χ0n) is 12.5. The molecule has 0 fully saturated rings. The smallest absolute Gasteiger partial charge is 0.0929 e. The van der Waals surface area contributed by atoms with Crippen molar-refractivity contribution < 1.29 is 0 Å². The van der Waals surface area contributed by atoms with E-state index in [0.717, 1.165) is 12.2 Å². The van der Waals surface area contributed by atoms with E-state index < -0.39 is 0 Å². The van der Waals surface area contributed by atoms with Crippen LogP contribution < -0.4 is 5.32 Å². The highest BCUT2D eigenvalue weighted by Crippen LogP contribution is 2.27. The summed E-state index contributed by atoms with van der Waals surface area (Å²) in [5.41, 5.74) is 6.14. The number of aryl methyl sites for hydroxylation is 2. The Bertz CT molecular complexity index is 567. The lowest BCUT2D eigenvalue weighted by Gasteiger charge is -2.09. The Morgan fingerprint density at radius 1 is 1.26 bits per heavy atom. The third-order valence-electron chi connectivity index (χ3n) is 3.54. The molecule has 1 aromatic heterocycles. The molecule has 0 radical (unpaired) electrons. The number of benzene rings is 1. The Morgan fingerprint density at radius 3 is 2.63 bits per heavy atom. The van der Waals surface area contributed by atoms with Crippen LogP contribution in [0.15, 0.2) is 24.3 Å². The van der Waals surface area contributed by atoms with Crippen LogP contribution in [0.3, 0.4) is 0 Å². The molecular formula is C16H23N3. The van der Waals surface area contributed by atoms with Gasteiger partial charge in [0.2, 0.25) is 0 Å². The van der Waals surface area contributed by atoms with E-state index >= 15 is 0 Å². The molecule has 0 spiro atoms. The van der Waals surface area contributed by atoms with E-state index in [4.69, 9.17) is 0 Å². The largest absolute Gasteiger partial charge is 0.314 e. The maximum Gasteiger partial charge on any atom is 0.0929 e. The Labute approximate surface area is 115 Å². The summed E-state index contributed by atoms with van der Waals surface area (Å²) in [6.45, 7) is 7.43. The van der Waals surface area contributed by atoms with Gasteiger partial charge in [-0.1, -0.05) is 26.0 Å². The molecule has 0 aliphatic carbocycles. The first kappa shape index (κ1) is 13.8. The topological polar surface area (TPSA) is 29.9 Å². The van der Waals surface area contributed by atoms with E-state index in [1.165, 1.54) is 22.4 Å². The highest BCUT2D eigenvalue weighted by atomic mass is 15.3. The van der Waals surface area contributed by atoms with E-state index in [0.29, 0.717) is 5.92 Å². The number of nitrogens with zero attached hydrogens (tertiary/aromatic N) is 2. The van der Waals surface area contributed by atoms with Crippen LogP contribution in [0.2, 0.25) is 0 Å². The SMILES string of the molecule is CNCc1cc(-c2cc(C(C)C)ccc2C)nn1C. The second-order valence-electron chi connectivity index (χ2n) is 5.40. The summed E-state index contributed by atoms with van der Waals surface area (Å²) in [6, 6.07) is 8.84. The molecule has 0 atom stereocenters. The lowest BCUT2D eigenvalue weighted by molar-refractivity contribution is 0.673. The first-order chi connectivity index (χ1) is 9.02. The summed E-state index contributed by atoms with van der Waals surface area (Å²) in [4.78, 5) is 0. The van der Waals surface area contributed by atoms with E-state index in [1.54, 1.807) is 0 Å². The molecule has 19 heavy (non-hydrogen) atoms. The Morgan fingerprint density at radius 2 is 2.00 bits per heavy atom. The van der Waals surface area contributed by atoms with Crippen LogP contribution in [-0.2, 0) is 13.6 Å². The van der Waals surface area contributed by atoms with Crippen molar-refractivity contribution in [3.8, 4) is 11.3 Å². The fraction of sp³-hybridized carbons (Fsp3) is 0.438. The maximum absolute atomic E-state index is 4.64. The van der Waals surface area contributed by atoms with Gasteiger partial charge in [0.25, 0.3) is 0 Å². The minimum Gasteiger partial charge on any atom is -0.314 e. The molecule has 1 aromatic carbocycles. The maximum atomic E-state index is 4.64. The third kappa shape index (κ3) is 2.87. The Kier molecular flexibility index (Phi) is 4.05. The molecule has 0 saturated carbocycles.